The highest BCUT2D eigenvalue weighted by molar-refractivity contribution is 8.00. The Morgan fingerprint density at radius 2 is 2.00 bits per heavy atom. The normalized spacial score (nSPS) is 15.3. The molecule has 1 unspecified atom stereocenters. The van der Waals surface area contributed by atoms with E-state index < -0.39 is 12.0 Å². The number of esters is 1. The van der Waals surface area contributed by atoms with Crippen LogP contribution in [0.1, 0.15) is 68.8 Å². The van der Waals surface area contributed by atoms with Crippen LogP contribution in [-0.2, 0) is 9.53 Å². The molecular formula is C25H30N4O4S2. The molecule has 1 atom stereocenters. The number of pyridine rings is 1. The Balaban J connectivity index is 1.64. The monoisotopic (exact) mass is 514 g/mol. The van der Waals surface area contributed by atoms with Gasteiger partial charge in [-0.1, -0.05) is 46.0 Å². The summed E-state index contributed by atoms with van der Waals surface area (Å²) >= 11 is 3.06. The molecule has 10 heteroatoms. The van der Waals surface area contributed by atoms with Crippen LogP contribution in [-0.4, -0.2) is 38.8 Å². The zero-order chi connectivity index (χ0) is 24.9. The highest BCUT2D eigenvalue weighted by Gasteiger charge is 2.28. The van der Waals surface area contributed by atoms with Crippen molar-refractivity contribution in [2.45, 2.75) is 68.6 Å². The van der Waals surface area contributed by atoms with Gasteiger partial charge in [-0.2, -0.15) is 0 Å². The van der Waals surface area contributed by atoms with Crippen LogP contribution in [0.25, 0.3) is 10.2 Å². The molecule has 0 radical (unpaired) electrons. The predicted molar refractivity (Wildman–Crippen MR) is 139 cm³/mol. The van der Waals surface area contributed by atoms with E-state index in [4.69, 9.17) is 4.74 Å². The second-order valence-electron chi connectivity index (χ2n) is 9.07. The Morgan fingerprint density at radius 1 is 1.23 bits per heavy atom. The average molecular weight is 515 g/mol. The van der Waals surface area contributed by atoms with Crippen LogP contribution < -0.4 is 10.9 Å². The number of carbonyl (C=O) groups is 2. The maximum atomic E-state index is 13.5. The minimum Gasteiger partial charge on any atom is -0.465 e. The van der Waals surface area contributed by atoms with Crippen LogP contribution in [0, 0.1) is 5.92 Å². The SMILES string of the molecule is COC(=O)c1ccc(NC(=O)C(CC2CCCCC2)n2cnc3c(SC(C)C)csc3c2=O)nc1. The first-order valence-electron chi connectivity index (χ1n) is 11.9. The smallest absolute Gasteiger partial charge is 0.339 e. The lowest BCUT2D eigenvalue weighted by atomic mass is 9.84. The molecule has 1 N–H and O–H groups in total. The number of hydrogen-bond donors (Lipinski definition) is 1. The number of nitrogens with zero attached hydrogens (tertiary/aromatic N) is 3. The number of methoxy groups -OCH3 is 1. The first-order chi connectivity index (χ1) is 16.9. The molecule has 1 aliphatic carbocycles. The molecule has 4 rings (SSSR count). The fraction of sp³-hybridized carbons (Fsp3) is 0.480. The molecule has 8 nitrogen and oxygen atoms in total. The van der Waals surface area contributed by atoms with E-state index in [2.05, 4.69) is 29.1 Å². The third-order valence-electron chi connectivity index (χ3n) is 6.19. The number of rotatable bonds is 8. The van der Waals surface area contributed by atoms with Gasteiger partial charge in [0.15, 0.2) is 0 Å². The molecule has 3 heterocycles. The summed E-state index contributed by atoms with van der Waals surface area (Å²) in [6.45, 7) is 4.21. The van der Waals surface area contributed by atoms with Crippen molar-refractivity contribution in [2.24, 2.45) is 5.92 Å². The van der Waals surface area contributed by atoms with Crippen LogP contribution >= 0.6 is 23.1 Å². The molecule has 3 aromatic rings. The first-order valence-corrected chi connectivity index (χ1v) is 13.6. The van der Waals surface area contributed by atoms with Gasteiger partial charge in [0.25, 0.3) is 5.56 Å². The summed E-state index contributed by atoms with van der Waals surface area (Å²) in [6, 6.07) is 2.40. The largest absolute Gasteiger partial charge is 0.465 e. The molecule has 0 bridgehead atoms. The van der Waals surface area contributed by atoms with Gasteiger partial charge in [0.05, 0.1) is 19.0 Å². The van der Waals surface area contributed by atoms with Crippen LogP contribution in [0.4, 0.5) is 5.82 Å². The van der Waals surface area contributed by atoms with Crippen LogP contribution in [0.5, 0.6) is 0 Å². The maximum Gasteiger partial charge on any atom is 0.339 e. The van der Waals surface area contributed by atoms with E-state index in [0.29, 0.717) is 39.2 Å². The average Bonchev–Trinajstić information content (AvgIpc) is 3.26. The summed E-state index contributed by atoms with van der Waals surface area (Å²) in [7, 11) is 1.30. The van der Waals surface area contributed by atoms with Crippen LogP contribution in [0.2, 0.25) is 0 Å². The number of amides is 1. The number of aromatic nitrogens is 3. The van der Waals surface area contributed by atoms with E-state index in [0.717, 1.165) is 30.6 Å². The summed E-state index contributed by atoms with van der Waals surface area (Å²) in [4.78, 5) is 48.4. The minimum atomic E-state index is -0.701. The highest BCUT2D eigenvalue weighted by Crippen LogP contribution is 2.34. The molecule has 0 spiro atoms. The molecular weight excluding hydrogens is 484 g/mol. The Morgan fingerprint density at radius 3 is 2.66 bits per heavy atom. The summed E-state index contributed by atoms with van der Waals surface area (Å²) < 4.78 is 6.75. The van der Waals surface area contributed by atoms with Gasteiger partial charge in [0.2, 0.25) is 5.91 Å². The number of ether oxygens (including phenoxy) is 1. The van der Waals surface area contributed by atoms with E-state index in [1.807, 2.05) is 5.38 Å². The first kappa shape index (κ1) is 25.4. The molecule has 1 amide bonds. The van der Waals surface area contributed by atoms with Crippen molar-refractivity contribution < 1.29 is 14.3 Å². The van der Waals surface area contributed by atoms with E-state index in [9.17, 15) is 14.4 Å². The number of thioether (sulfide) groups is 1. The third-order valence-corrected chi connectivity index (χ3v) is 8.33. The van der Waals surface area contributed by atoms with Gasteiger partial charge >= 0.3 is 5.97 Å². The molecule has 3 aromatic heterocycles. The second kappa shape index (κ2) is 11.3. The van der Waals surface area contributed by atoms with Gasteiger partial charge in [-0.25, -0.2) is 14.8 Å². The summed E-state index contributed by atoms with van der Waals surface area (Å²) in [5.74, 6) is -0.134. The van der Waals surface area contributed by atoms with Crippen molar-refractivity contribution in [3.8, 4) is 0 Å². The third kappa shape index (κ3) is 5.92. The number of fused-ring (bicyclic) bond motifs is 1. The number of hydrogen-bond acceptors (Lipinski definition) is 8. The lowest BCUT2D eigenvalue weighted by Crippen LogP contribution is -2.35. The Kier molecular flexibility index (Phi) is 8.22. The van der Waals surface area contributed by atoms with Crippen molar-refractivity contribution in [2.75, 3.05) is 12.4 Å². The zero-order valence-electron chi connectivity index (χ0n) is 20.2. The van der Waals surface area contributed by atoms with Gasteiger partial charge in [0.1, 0.15) is 22.1 Å². The van der Waals surface area contributed by atoms with Gasteiger partial charge in [-0.3, -0.25) is 14.2 Å². The minimum absolute atomic E-state index is 0.194. The zero-order valence-corrected chi connectivity index (χ0v) is 21.8. The summed E-state index contributed by atoms with van der Waals surface area (Å²) in [6.07, 6.45) is 9.04. The van der Waals surface area contributed by atoms with Crippen molar-refractivity contribution >= 4 is 51.0 Å². The Bertz CT molecular complexity index is 1250. The summed E-state index contributed by atoms with van der Waals surface area (Å²) in [5.41, 5.74) is 0.801. The van der Waals surface area contributed by atoms with E-state index >= 15 is 0 Å². The quantitative estimate of drug-likeness (QED) is 0.322. The van der Waals surface area contributed by atoms with E-state index in [1.165, 1.54) is 42.0 Å². The molecule has 0 aromatic carbocycles. The fourth-order valence-electron chi connectivity index (χ4n) is 4.46. The molecule has 186 valence electrons. The van der Waals surface area contributed by atoms with Gasteiger partial charge < -0.3 is 10.1 Å². The van der Waals surface area contributed by atoms with E-state index in [-0.39, 0.29) is 11.5 Å². The number of nitrogens with one attached hydrogen (secondary N) is 1. The van der Waals surface area contributed by atoms with Crippen LogP contribution in [0.3, 0.4) is 0 Å². The fourth-order valence-corrected chi connectivity index (χ4v) is 6.48. The Labute approximate surface area is 212 Å². The molecule has 1 fully saturated rings. The standard InChI is InChI=1S/C25H30N4O4S2/c1-15(2)35-19-13-34-22-21(19)27-14-29(24(22)31)18(11-16-7-5-4-6-8-16)23(30)28-20-10-9-17(12-26-20)25(32)33-3/h9-10,12-16,18H,4-8,11H2,1-3H3,(H,26,28,30). The van der Waals surface area contributed by atoms with Crippen molar-refractivity contribution in [3.05, 3.63) is 46.0 Å². The van der Waals surface area contributed by atoms with Gasteiger partial charge in [-0.15, -0.1) is 23.1 Å². The van der Waals surface area contributed by atoms with Crippen LogP contribution in [0.15, 0.2) is 39.7 Å². The lowest BCUT2D eigenvalue weighted by molar-refractivity contribution is -0.120. The number of carbonyl (C=O) groups excluding carboxylic acids is 2. The molecule has 1 aliphatic rings. The second-order valence-corrected chi connectivity index (χ2v) is 11.6. The number of anilines is 1. The maximum absolute atomic E-state index is 13.5. The molecule has 1 saturated carbocycles. The molecule has 0 saturated heterocycles. The molecule has 0 aliphatic heterocycles. The van der Waals surface area contributed by atoms with Gasteiger partial charge in [0, 0.05) is 21.7 Å². The Hall–Kier alpha value is -2.72. The molecule has 35 heavy (non-hydrogen) atoms. The summed E-state index contributed by atoms with van der Waals surface area (Å²) in [5, 5.41) is 5.17. The van der Waals surface area contributed by atoms with Crippen molar-refractivity contribution in [1.82, 2.24) is 14.5 Å². The van der Waals surface area contributed by atoms with E-state index in [1.54, 1.807) is 23.9 Å². The predicted octanol–water partition coefficient (Wildman–Crippen LogP) is 5.29. The van der Waals surface area contributed by atoms with Gasteiger partial charge in [-0.05, 0) is 24.5 Å². The highest BCUT2D eigenvalue weighted by atomic mass is 32.2. The van der Waals surface area contributed by atoms with Crippen molar-refractivity contribution in [3.63, 3.8) is 0 Å². The topological polar surface area (TPSA) is 103 Å². The number of thiophene rings is 1. The lowest BCUT2D eigenvalue weighted by Gasteiger charge is -2.27. The van der Waals surface area contributed by atoms with Crippen molar-refractivity contribution in [1.29, 1.82) is 0 Å².